The summed E-state index contributed by atoms with van der Waals surface area (Å²) < 4.78 is 12.9. The third-order valence-corrected chi connectivity index (χ3v) is 2.35. The minimum absolute atomic E-state index is 0.213. The molecule has 0 atom stereocenters. The molecule has 1 aromatic rings. The van der Waals surface area contributed by atoms with Gasteiger partial charge in [0, 0.05) is 6.07 Å². The number of aromatic hydroxyl groups is 1. The van der Waals surface area contributed by atoms with Crippen LogP contribution in [0.3, 0.4) is 0 Å². The van der Waals surface area contributed by atoms with Crippen molar-refractivity contribution in [1.29, 1.82) is 0 Å². The normalized spacial score (nSPS) is 10.0. The molecule has 0 amide bonds. The van der Waals surface area contributed by atoms with Crippen molar-refractivity contribution in [2.24, 2.45) is 0 Å². The number of rotatable bonds is 2. The molecular weight excluding hydrogens is 243 g/mol. The zero-order chi connectivity index (χ0) is 10.0. The van der Waals surface area contributed by atoms with Crippen molar-refractivity contribution in [1.82, 2.24) is 0 Å². The summed E-state index contributed by atoms with van der Waals surface area (Å²) in [6.45, 7) is 0. The van der Waals surface area contributed by atoms with Crippen LogP contribution in [0.4, 0.5) is 4.39 Å². The topological polar surface area (TPSA) is 57.5 Å². The molecule has 70 valence electrons. The first-order valence-corrected chi connectivity index (χ1v) is 4.18. The van der Waals surface area contributed by atoms with Gasteiger partial charge in [-0.15, -0.1) is 0 Å². The van der Waals surface area contributed by atoms with Crippen LogP contribution in [0, 0.1) is 5.82 Å². The lowest BCUT2D eigenvalue weighted by Crippen LogP contribution is -2.01. The molecule has 5 heteroatoms. The molecule has 0 saturated heterocycles. The molecule has 0 aromatic heterocycles. The summed E-state index contributed by atoms with van der Waals surface area (Å²) in [6, 6.07) is 1.98. The lowest BCUT2D eigenvalue weighted by Gasteiger charge is -2.03. The predicted octanol–water partition coefficient (Wildman–Crippen LogP) is 1.92. The van der Waals surface area contributed by atoms with Gasteiger partial charge in [0.15, 0.2) is 0 Å². The Morgan fingerprint density at radius 2 is 2.15 bits per heavy atom. The van der Waals surface area contributed by atoms with Crippen molar-refractivity contribution in [3.8, 4) is 5.75 Å². The summed E-state index contributed by atoms with van der Waals surface area (Å²) in [5.74, 6) is -2.03. The molecule has 0 aliphatic carbocycles. The van der Waals surface area contributed by atoms with Crippen molar-refractivity contribution in [2.75, 3.05) is 0 Å². The average Bonchev–Trinajstić information content (AvgIpc) is 1.98. The fraction of sp³-hybridized carbons (Fsp3) is 0.125. The van der Waals surface area contributed by atoms with Crippen LogP contribution >= 0.6 is 15.9 Å². The molecular formula is C8H6BrFO3. The maximum absolute atomic E-state index is 12.7. The number of aliphatic carboxylic acids is 1. The smallest absolute Gasteiger partial charge is 0.307 e. The molecule has 0 aliphatic heterocycles. The first-order valence-electron chi connectivity index (χ1n) is 3.39. The highest BCUT2D eigenvalue weighted by molar-refractivity contribution is 9.10. The van der Waals surface area contributed by atoms with E-state index in [4.69, 9.17) is 10.2 Å². The van der Waals surface area contributed by atoms with Crippen LogP contribution in [-0.2, 0) is 11.2 Å². The van der Waals surface area contributed by atoms with Gasteiger partial charge in [-0.05, 0) is 27.6 Å². The standard InChI is InChI=1S/C8H6BrFO3/c9-8-4(2-7(12)13)1-5(10)3-6(8)11/h1,3,11H,2H2,(H,12,13). The Kier molecular flexibility index (Phi) is 2.87. The number of phenolic OH excluding ortho intramolecular Hbond substituents is 1. The molecule has 0 saturated carbocycles. The Balaban J connectivity index is 3.12. The maximum Gasteiger partial charge on any atom is 0.307 e. The van der Waals surface area contributed by atoms with Crippen molar-refractivity contribution < 1.29 is 19.4 Å². The zero-order valence-corrected chi connectivity index (χ0v) is 8.01. The number of carboxylic acid groups (broad SMARTS) is 1. The summed E-state index contributed by atoms with van der Waals surface area (Å²) in [6.07, 6.45) is -0.327. The van der Waals surface area contributed by atoms with Crippen molar-refractivity contribution in [3.63, 3.8) is 0 Å². The van der Waals surface area contributed by atoms with Crippen molar-refractivity contribution >= 4 is 21.9 Å². The van der Waals surface area contributed by atoms with E-state index < -0.39 is 11.8 Å². The van der Waals surface area contributed by atoms with E-state index in [1.54, 1.807) is 0 Å². The summed E-state index contributed by atoms with van der Waals surface area (Å²) in [4.78, 5) is 10.3. The molecule has 13 heavy (non-hydrogen) atoms. The van der Waals surface area contributed by atoms with Gasteiger partial charge in [-0.3, -0.25) is 4.79 Å². The van der Waals surface area contributed by atoms with E-state index in [2.05, 4.69) is 15.9 Å². The molecule has 0 fully saturated rings. The quantitative estimate of drug-likeness (QED) is 0.841. The van der Waals surface area contributed by atoms with Crippen LogP contribution in [0.5, 0.6) is 5.75 Å². The summed E-state index contributed by atoms with van der Waals surface area (Å²) in [5, 5.41) is 17.6. The number of hydrogen-bond acceptors (Lipinski definition) is 2. The van der Waals surface area contributed by atoms with Crippen LogP contribution in [0.2, 0.25) is 0 Å². The third-order valence-electron chi connectivity index (χ3n) is 1.44. The van der Waals surface area contributed by atoms with Gasteiger partial charge in [0.05, 0.1) is 10.9 Å². The summed E-state index contributed by atoms with van der Waals surface area (Å²) >= 11 is 2.96. The third kappa shape index (κ3) is 2.42. The van der Waals surface area contributed by atoms with E-state index in [9.17, 15) is 9.18 Å². The molecule has 1 aromatic carbocycles. The number of halogens is 2. The molecule has 0 bridgehead atoms. The minimum atomic E-state index is -1.08. The monoisotopic (exact) mass is 248 g/mol. The number of benzene rings is 1. The second-order valence-corrected chi connectivity index (χ2v) is 3.26. The first-order chi connectivity index (χ1) is 6.00. The van der Waals surface area contributed by atoms with E-state index in [1.807, 2.05) is 0 Å². The van der Waals surface area contributed by atoms with Crippen LogP contribution in [0.25, 0.3) is 0 Å². The number of carbonyl (C=O) groups is 1. The number of phenols is 1. The van der Waals surface area contributed by atoms with Gasteiger partial charge in [0.2, 0.25) is 0 Å². The van der Waals surface area contributed by atoms with Crippen LogP contribution < -0.4 is 0 Å². The van der Waals surface area contributed by atoms with Crippen molar-refractivity contribution in [3.05, 3.63) is 28.0 Å². The van der Waals surface area contributed by atoms with Gasteiger partial charge >= 0.3 is 5.97 Å². The summed E-state index contributed by atoms with van der Waals surface area (Å²) in [7, 11) is 0. The molecule has 0 spiro atoms. The number of hydrogen-bond donors (Lipinski definition) is 2. The fourth-order valence-electron chi connectivity index (χ4n) is 0.922. The molecule has 1 rings (SSSR count). The molecule has 3 nitrogen and oxygen atoms in total. The predicted molar refractivity (Wildman–Crippen MR) is 47.1 cm³/mol. The molecule has 2 N–H and O–H groups in total. The van der Waals surface area contributed by atoms with E-state index in [0.29, 0.717) is 0 Å². The number of carboxylic acids is 1. The van der Waals surface area contributed by atoms with Gasteiger partial charge in [0.25, 0.3) is 0 Å². The second-order valence-electron chi connectivity index (χ2n) is 2.47. The Labute approximate surface area is 81.9 Å². The molecule has 0 heterocycles. The van der Waals surface area contributed by atoms with Gasteiger partial charge < -0.3 is 10.2 Å². The van der Waals surface area contributed by atoms with Crippen LogP contribution in [0.1, 0.15) is 5.56 Å². The Bertz CT molecular complexity index is 351. The fourth-order valence-corrected chi connectivity index (χ4v) is 1.29. The van der Waals surface area contributed by atoms with Gasteiger partial charge in [-0.25, -0.2) is 4.39 Å². The minimum Gasteiger partial charge on any atom is -0.507 e. The van der Waals surface area contributed by atoms with Gasteiger partial charge in [-0.1, -0.05) is 0 Å². The van der Waals surface area contributed by atoms with E-state index in [-0.39, 0.29) is 22.2 Å². The molecule has 0 unspecified atom stereocenters. The highest BCUT2D eigenvalue weighted by Gasteiger charge is 2.10. The van der Waals surface area contributed by atoms with Crippen molar-refractivity contribution in [2.45, 2.75) is 6.42 Å². The van der Waals surface area contributed by atoms with E-state index >= 15 is 0 Å². The highest BCUT2D eigenvalue weighted by Crippen LogP contribution is 2.29. The van der Waals surface area contributed by atoms with Gasteiger partial charge in [-0.2, -0.15) is 0 Å². The van der Waals surface area contributed by atoms with Gasteiger partial charge in [0.1, 0.15) is 11.6 Å². The van der Waals surface area contributed by atoms with E-state index in [1.165, 1.54) is 0 Å². The van der Waals surface area contributed by atoms with Crippen LogP contribution in [0.15, 0.2) is 16.6 Å². The highest BCUT2D eigenvalue weighted by atomic mass is 79.9. The molecule has 0 aliphatic rings. The zero-order valence-electron chi connectivity index (χ0n) is 6.42. The van der Waals surface area contributed by atoms with E-state index in [0.717, 1.165) is 12.1 Å². The molecule has 0 radical (unpaired) electrons. The Morgan fingerprint density at radius 3 is 2.69 bits per heavy atom. The van der Waals surface area contributed by atoms with Crippen LogP contribution in [-0.4, -0.2) is 16.2 Å². The summed E-state index contributed by atoms with van der Waals surface area (Å²) in [5.41, 5.74) is 0.213. The Hall–Kier alpha value is -1.10. The average molecular weight is 249 g/mol. The Morgan fingerprint density at radius 1 is 1.54 bits per heavy atom. The lowest BCUT2D eigenvalue weighted by molar-refractivity contribution is -0.136. The largest absolute Gasteiger partial charge is 0.507 e. The second kappa shape index (κ2) is 3.74. The maximum atomic E-state index is 12.7. The lowest BCUT2D eigenvalue weighted by atomic mass is 10.1. The first kappa shape index (κ1) is 9.98. The SMILES string of the molecule is O=C(O)Cc1cc(F)cc(O)c1Br.